The summed E-state index contributed by atoms with van der Waals surface area (Å²) in [7, 11) is 0. The third kappa shape index (κ3) is 4.13. The summed E-state index contributed by atoms with van der Waals surface area (Å²) < 4.78 is 5.08. The summed E-state index contributed by atoms with van der Waals surface area (Å²) in [5.41, 5.74) is 1.71. The van der Waals surface area contributed by atoms with E-state index in [4.69, 9.17) is 9.84 Å². The number of carboxylic acid groups (broad SMARTS) is 1. The predicted molar refractivity (Wildman–Crippen MR) is 90.1 cm³/mol. The molecule has 124 valence electrons. The Hall–Kier alpha value is -2.82. The number of carboxylic acids is 1. The van der Waals surface area contributed by atoms with E-state index < -0.39 is 5.97 Å². The molecule has 1 aliphatic carbocycles. The fourth-order valence-electron chi connectivity index (χ4n) is 2.73. The van der Waals surface area contributed by atoms with Crippen LogP contribution in [0.5, 0.6) is 5.75 Å². The normalized spacial score (nSPS) is 14.7. The van der Waals surface area contributed by atoms with Gasteiger partial charge in [-0.25, -0.2) is 4.79 Å². The maximum Gasteiger partial charge on any atom is 0.341 e. The van der Waals surface area contributed by atoms with Gasteiger partial charge in [-0.2, -0.15) is 0 Å². The molecule has 2 aromatic carbocycles. The lowest BCUT2D eigenvalue weighted by Crippen LogP contribution is -2.22. The van der Waals surface area contributed by atoms with E-state index in [0.717, 1.165) is 18.4 Å². The lowest BCUT2D eigenvalue weighted by Gasteiger charge is -2.17. The Morgan fingerprint density at radius 2 is 1.75 bits per heavy atom. The first-order valence-electron chi connectivity index (χ1n) is 7.94. The van der Waals surface area contributed by atoms with Gasteiger partial charge in [0.1, 0.15) is 5.75 Å². The van der Waals surface area contributed by atoms with Gasteiger partial charge in [-0.05, 0) is 48.6 Å². The van der Waals surface area contributed by atoms with Gasteiger partial charge in [-0.15, -0.1) is 0 Å². The van der Waals surface area contributed by atoms with Gasteiger partial charge in [0.2, 0.25) is 5.91 Å². The average molecular weight is 325 g/mol. The minimum absolute atomic E-state index is 0.0112. The third-order valence-electron chi connectivity index (χ3n) is 4.02. The predicted octanol–water partition coefficient (Wildman–Crippen LogP) is 3.28. The second kappa shape index (κ2) is 7.17. The fraction of sp³-hybridized carbons (Fsp3) is 0.263. The molecule has 0 radical (unpaired) electrons. The Balaban J connectivity index is 1.66. The molecule has 0 spiro atoms. The quantitative estimate of drug-likeness (QED) is 0.819. The highest BCUT2D eigenvalue weighted by Gasteiger charge is 2.37. The highest BCUT2D eigenvalue weighted by atomic mass is 16.5. The first-order valence-corrected chi connectivity index (χ1v) is 7.94. The molecule has 2 N–H and O–H groups in total. The van der Waals surface area contributed by atoms with Crippen molar-refractivity contribution in [3.63, 3.8) is 0 Å². The smallest absolute Gasteiger partial charge is 0.341 e. The van der Waals surface area contributed by atoms with Gasteiger partial charge in [0.15, 0.2) is 6.61 Å². The molecule has 0 heterocycles. The number of carbonyl (C=O) groups is 2. The standard InChI is InChI=1S/C19H19NO4/c21-17(22)12-24-16-10-8-15(9-11-16)20-19(23)18(14-6-7-14)13-4-2-1-3-5-13/h1-5,8-11,14,18H,6-7,12H2,(H,20,23)(H,21,22). The number of carbonyl (C=O) groups excluding carboxylic acids is 1. The number of aliphatic carboxylic acids is 1. The molecule has 1 fully saturated rings. The molecule has 0 saturated heterocycles. The molecule has 24 heavy (non-hydrogen) atoms. The lowest BCUT2D eigenvalue weighted by molar-refractivity contribution is -0.139. The van der Waals surface area contributed by atoms with Gasteiger partial charge in [0.05, 0.1) is 5.92 Å². The Morgan fingerprint density at radius 3 is 2.33 bits per heavy atom. The molecule has 0 bridgehead atoms. The first-order chi connectivity index (χ1) is 11.6. The van der Waals surface area contributed by atoms with Crippen molar-refractivity contribution in [2.24, 2.45) is 5.92 Å². The summed E-state index contributed by atoms with van der Waals surface area (Å²) in [4.78, 5) is 23.2. The number of ether oxygens (including phenoxy) is 1. The molecule has 5 nitrogen and oxygen atoms in total. The van der Waals surface area contributed by atoms with Crippen LogP contribution in [0.2, 0.25) is 0 Å². The number of rotatable bonds is 7. The highest BCUT2D eigenvalue weighted by Crippen LogP contribution is 2.43. The van der Waals surface area contributed by atoms with Gasteiger partial charge in [0, 0.05) is 5.69 Å². The zero-order valence-corrected chi connectivity index (χ0v) is 13.1. The van der Waals surface area contributed by atoms with Crippen LogP contribution >= 0.6 is 0 Å². The number of amides is 1. The second-order valence-electron chi connectivity index (χ2n) is 5.92. The maximum atomic E-state index is 12.7. The van der Waals surface area contributed by atoms with Crippen LogP contribution in [0.15, 0.2) is 54.6 Å². The van der Waals surface area contributed by atoms with Crippen LogP contribution in [0.3, 0.4) is 0 Å². The molecule has 3 rings (SSSR count). The molecule has 1 atom stereocenters. The minimum Gasteiger partial charge on any atom is -0.482 e. The average Bonchev–Trinajstić information content (AvgIpc) is 3.40. The van der Waals surface area contributed by atoms with E-state index in [2.05, 4.69) is 5.32 Å². The molecule has 2 aromatic rings. The summed E-state index contributed by atoms with van der Waals surface area (Å²) in [6.07, 6.45) is 2.16. The minimum atomic E-state index is -1.03. The number of hydrogen-bond acceptors (Lipinski definition) is 3. The molecule has 5 heteroatoms. The zero-order chi connectivity index (χ0) is 16.9. The number of nitrogens with one attached hydrogen (secondary N) is 1. The van der Waals surface area contributed by atoms with Crippen molar-refractivity contribution < 1.29 is 19.4 Å². The van der Waals surface area contributed by atoms with Crippen LogP contribution in [-0.2, 0) is 9.59 Å². The van der Waals surface area contributed by atoms with Crippen molar-refractivity contribution in [2.75, 3.05) is 11.9 Å². The van der Waals surface area contributed by atoms with E-state index in [9.17, 15) is 9.59 Å². The van der Waals surface area contributed by atoms with E-state index in [1.54, 1.807) is 24.3 Å². The van der Waals surface area contributed by atoms with E-state index in [1.807, 2.05) is 30.3 Å². The zero-order valence-electron chi connectivity index (χ0n) is 13.1. The van der Waals surface area contributed by atoms with E-state index in [0.29, 0.717) is 17.4 Å². The lowest BCUT2D eigenvalue weighted by atomic mass is 9.93. The van der Waals surface area contributed by atoms with Crippen molar-refractivity contribution in [1.29, 1.82) is 0 Å². The maximum absolute atomic E-state index is 12.7. The molecule has 1 aliphatic rings. The summed E-state index contributed by atoms with van der Waals surface area (Å²) in [6.45, 7) is -0.385. The third-order valence-corrected chi connectivity index (χ3v) is 4.02. The summed E-state index contributed by atoms with van der Waals surface area (Å²) in [5.74, 6) is -0.303. The Bertz CT molecular complexity index is 708. The highest BCUT2D eigenvalue weighted by molar-refractivity contribution is 5.96. The largest absolute Gasteiger partial charge is 0.482 e. The summed E-state index contributed by atoms with van der Waals surface area (Å²) in [5, 5.41) is 11.5. The molecule has 1 saturated carbocycles. The number of anilines is 1. The van der Waals surface area contributed by atoms with Gasteiger partial charge in [0.25, 0.3) is 0 Å². The first kappa shape index (κ1) is 16.1. The van der Waals surface area contributed by atoms with Gasteiger partial charge < -0.3 is 15.2 Å². The van der Waals surface area contributed by atoms with Gasteiger partial charge >= 0.3 is 5.97 Å². The van der Waals surface area contributed by atoms with Crippen LogP contribution in [0, 0.1) is 5.92 Å². The van der Waals surface area contributed by atoms with Crippen molar-refractivity contribution in [3.8, 4) is 5.75 Å². The van der Waals surface area contributed by atoms with E-state index in [-0.39, 0.29) is 18.4 Å². The Kier molecular flexibility index (Phi) is 4.79. The molecular weight excluding hydrogens is 306 g/mol. The van der Waals surface area contributed by atoms with Crippen LogP contribution in [-0.4, -0.2) is 23.6 Å². The van der Waals surface area contributed by atoms with Crippen molar-refractivity contribution >= 4 is 17.6 Å². The fourth-order valence-corrected chi connectivity index (χ4v) is 2.73. The number of benzene rings is 2. The number of hydrogen-bond donors (Lipinski definition) is 2. The Morgan fingerprint density at radius 1 is 1.08 bits per heavy atom. The molecule has 0 aromatic heterocycles. The van der Waals surface area contributed by atoms with Crippen molar-refractivity contribution in [1.82, 2.24) is 0 Å². The molecule has 1 amide bonds. The van der Waals surface area contributed by atoms with Gasteiger partial charge in [-0.3, -0.25) is 4.79 Å². The molecule has 0 aliphatic heterocycles. The van der Waals surface area contributed by atoms with Crippen LogP contribution in [0.4, 0.5) is 5.69 Å². The second-order valence-corrected chi connectivity index (χ2v) is 5.92. The van der Waals surface area contributed by atoms with E-state index >= 15 is 0 Å². The van der Waals surface area contributed by atoms with Crippen LogP contribution in [0.25, 0.3) is 0 Å². The van der Waals surface area contributed by atoms with Crippen LogP contribution in [0.1, 0.15) is 24.3 Å². The SMILES string of the molecule is O=C(O)COc1ccc(NC(=O)C(c2ccccc2)C2CC2)cc1. The van der Waals surface area contributed by atoms with Gasteiger partial charge in [-0.1, -0.05) is 30.3 Å². The monoisotopic (exact) mass is 325 g/mol. The topological polar surface area (TPSA) is 75.6 Å². The molecule has 1 unspecified atom stereocenters. The van der Waals surface area contributed by atoms with Crippen molar-refractivity contribution in [3.05, 3.63) is 60.2 Å². The molecular formula is C19H19NO4. The van der Waals surface area contributed by atoms with E-state index in [1.165, 1.54) is 0 Å². The van der Waals surface area contributed by atoms with Crippen molar-refractivity contribution in [2.45, 2.75) is 18.8 Å². The Labute approximate surface area is 140 Å². The van der Waals surface area contributed by atoms with Crippen LogP contribution < -0.4 is 10.1 Å². The summed E-state index contributed by atoms with van der Waals surface area (Å²) >= 11 is 0. The summed E-state index contributed by atoms with van der Waals surface area (Å²) in [6, 6.07) is 16.5.